The number of phenolic OH excluding ortho intramolecular Hbond substituents is 1. The van der Waals surface area contributed by atoms with Gasteiger partial charge in [-0.05, 0) is 47.9 Å². The molecule has 0 atom stereocenters. The Labute approximate surface area is 129 Å². The van der Waals surface area contributed by atoms with Crippen LogP contribution in [0.3, 0.4) is 0 Å². The summed E-state index contributed by atoms with van der Waals surface area (Å²) in [5, 5.41) is 9.41. The van der Waals surface area contributed by atoms with Crippen molar-refractivity contribution in [3.05, 3.63) is 54.1 Å². The summed E-state index contributed by atoms with van der Waals surface area (Å²) in [5.74, 6) is 0.542. The number of carbonyl (C=O) groups is 1. The van der Waals surface area contributed by atoms with E-state index in [1.54, 1.807) is 19.2 Å². The largest absolute Gasteiger partial charge is 0.508 e. The maximum Gasteiger partial charge on any atom is 0.330 e. The van der Waals surface area contributed by atoms with Crippen LogP contribution in [0.25, 0.3) is 16.7 Å². The first-order valence-electron chi connectivity index (χ1n) is 6.79. The second kappa shape index (κ2) is 6.80. The molecule has 0 saturated heterocycles. The summed E-state index contributed by atoms with van der Waals surface area (Å²) >= 11 is 0. The summed E-state index contributed by atoms with van der Waals surface area (Å²) in [7, 11) is 2.96. The van der Waals surface area contributed by atoms with Crippen LogP contribution in [-0.4, -0.2) is 25.3 Å². The minimum Gasteiger partial charge on any atom is -0.508 e. The maximum atomic E-state index is 11.4. The zero-order valence-corrected chi connectivity index (χ0v) is 12.8. The normalized spacial score (nSPS) is 11.1. The fraction of sp³-hybridized carbons (Fsp3) is 0.167. The maximum absolute atomic E-state index is 11.4. The van der Waals surface area contributed by atoms with Crippen LogP contribution in [0, 0.1) is 0 Å². The topological polar surface area (TPSA) is 55.8 Å². The Morgan fingerprint density at radius 2 is 1.77 bits per heavy atom. The van der Waals surface area contributed by atoms with Crippen LogP contribution in [0.1, 0.15) is 12.5 Å². The first kappa shape index (κ1) is 15.6. The molecule has 0 aliphatic rings. The van der Waals surface area contributed by atoms with E-state index in [1.807, 2.05) is 37.3 Å². The van der Waals surface area contributed by atoms with Crippen LogP contribution in [-0.2, 0) is 9.53 Å². The van der Waals surface area contributed by atoms with E-state index in [0.717, 1.165) is 28.0 Å². The number of carbonyl (C=O) groups excluding carboxylic acids is 1. The molecule has 114 valence electrons. The van der Waals surface area contributed by atoms with Crippen molar-refractivity contribution >= 4 is 11.5 Å². The molecular formula is C18H18O4. The van der Waals surface area contributed by atoms with E-state index in [9.17, 15) is 9.90 Å². The lowest BCUT2D eigenvalue weighted by atomic mass is 9.98. The van der Waals surface area contributed by atoms with Gasteiger partial charge in [-0.1, -0.05) is 18.2 Å². The molecule has 0 heterocycles. The van der Waals surface area contributed by atoms with Gasteiger partial charge in [0.1, 0.15) is 11.5 Å². The number of phenols is 1. The molecule has 0 aromatic heterocycles. The van der Waals surface area contributed by atoms with Crippen LogP contribution in [0.4, 0.5) is 0 Å². The van der Waals surface area contributed by atoms with Crippen molar-refractivity contribution in [2.75, 3.05) is 14.2 Å². The highest BCUT2D eigenvalue weighted by Crippen LogP contribution is 2.33. The van der Waals surface area contributed by atoms with Crippen molar-refractivity contribution in [2.24, 2.45) is 0 Å². The number of methoxy groups -OCH3 is 2. The summed E-state index contributed by atoms with van der Waals surface area (Å²) in [6.45, 7) is 1.85. The van der Waals surface area contributed by atoms with Crippen LogP contribution < -0.4 is 4.74 Å². The van der Waals surface area contributed by atoms with E-state index in [2.05, 4.69) is 4.74 Å². The highest BCUT2D eigenvalue weighted by Gasteiger charge is 2.09. The van der Waals surface area contributed by atoms with E-state index in [1.165, 1.54) is 13.2 Å². The zero-order chi connectivity index (χ0) is 16.1. The first-order valence-corrected chi connectivity index (χ1v) is 6.79. The Balaban J connectivity index is 2.49. The van der Waals surface area contributed by atoms with E-state index in [4.69, 9.17) is 4.74 Å². The number of aromatic hydroxyl groups is 1. The Morgan fingerprint density at radius 1 is 1.09 bits per heavy atom. The molecule has 2 aromatic carbocycles. The number of hydrogen-bond donors (Lipinski definition) is 1. The first-order chi connectivity index (χ1) is 10.5. The van der Waals surface area contributed by atoms with Crippen molar-refractivity contribution in [1.82, 2.24) is 0 Å². The molecular weight excluding hydrogens is 280 g/mol. The Kier molecular flexibility index (Phi) is 4.84. The van der Waals surface area contributed by atoms with Crippen molar-refractivity contribution in [1.29, 1.82) is 0 Å². The van der Waals surface area contributed by atoms with Crippen LogP contribution in [0.15, 0.2) is 48.5 Å². The Morgan fingerprint density at radius 3 is 2.36 bits per heavy atom. The molecule has 0 aliphatic carbocycles. The van der Waals surface area contributed by atoms with Gasteiger partial charge in [-0.15, -0.1) is 0 Å². The van der Waals surface area contributed by atoms with E-state index in [-0.39, 0.29) is 11.7 Å². The molecule has 0 bridgehead atoms. The lowest BCUT2D eigenvalue weighted by Crippen LogP contribution is -1.96. The summed E-state index contributed by atoms with van der Waals surface area (Å²) in [6, 6.07) is 12.6. The number of rotatable bonds is 4. The molecule has 0 aliphatic heterocycles. The highest BCUT2D eigenvalue weighted by molar-refractivity contribution is 5.91. The van der Waals surface area contributed by atoms with Gasteiger partial charge in [0, 0.05) is 11.6 Å². The van der Waals surface area contributed by atoms with Gasteiger partial charge in [-0.3, -0.25) is 0 Å². The predicted octanol–water partition coefficient (Wildman–Crippen LogP) is 3.64. The van der Waals surface area contributed by atoms with Crippen LogP contribution in [0.2, 0.25) is 0 Å². The van der Waals surface area contributed by atoms with Gasteiger partial charge < -0.3 is 14.6 Å². The lowest BCUT2D eigenvalue weighted by molar-refractivity contribution is -0.134. The molecule has 22 heavy (non-hydrogen) atoms. The summed E-state index contributed by atoms with van der Waals surface area (Å²) in [5.41, 5.74) is 3.50. The van der Waals surface area contributed by atoms with Gasteiger partial charge in [0.25, 0.3) is 0 Å². The highest BCUT2D eigenvalue weighted by atomic mass is 16.5. The lowest BCUT2D eigenvalue weighted by Gasteiger charge is -2.11. The smallest absolute Gasteiger partial charge is 0.330 e. The molecule has 0 radical (unpaired) electrons. The third kappa shape index (κ3) is 3.47. The number of allylic oxidation sites excluding steroid dienone is 1. The molecule has 4 heteroatoms. The molecule has 1 N–H and O–H groups in total. The SMILES string of the molecule is COC(=O)/C=C(\C)c1ccc(OC)c(-c2ccc(O)cc2)c1. The Hall–Kier alpha value is -2.75. The van der Waals surface area contributed by atoms with Crippen LogP contribution >= 0.6 is 0 Å². The summed E-state index contributed by atoms with van der Waals surface area (Å²) < 4.78 is 10.0. The van der Waals surface area contributed by atoms with Crippen molar-refractivity contribution in [2.45, 2.75) is 6.92 Å². The quantitative estimate of drug-likeness (QED) is 0.691. The molecule has 2 aromatic rings. The fourth-order valence-electron chi connectivity index (χ4n) is 2.14. The van der Waals surface area contributed by atoms with Gasteiger partial charge in [0.15, 0.2) is 0 Å². The van der Waals surface area contributed by atoms with Gasteiger partial charge >= 0.3 is 5.97 Å². The van der Waals surface area contributed by atoms with Crippen LogP contribution in [0.5, 0.6) is 11.5 Å². The second-order valence-corrected chi connectivity index (χ2v) is 4.81. The molecule has 2 rings (SSSR count). The van der Waals surface area contributed by atoms with Crippen molar-refractivity contribution < 1.29 is 19.4 Å². The van der Waals surface area contributed by atoms with E-state index in [0.29, 0.717) is 0 Å². The van der Waals surface area contributed by atoms with Gasteiger partial charge in [0.2, 0.25) is 0 Å². The summed E-state index contributed by atoms with van der Waals surface area (Å²) in [4.78, 5) is 11.4. The third-order valence-electron chi connectivity index (χ3n) is 3.37. The Bertz CT molecular complexity index is 700. The molecule has 4 nitrogen and oxygen atoms in total. The number of benzene rings is 2. The van der Waals surface area contributed by atoms with Crippen molar-refractivity contribution in [3.63, 3.8) is 0 Å². The molecule has 0 saturated carbocycles. The fourth-order valence-corrected chi connectivity index (χ4v) is 2.14. The third-order valence-corrected chi connectivity index (χ3v) is 3.37. The predicted molar refractivity (Wildman–Crippen MR) is 85.8 cm³/mol. The molecule has 0 unspecified atom stereocenters. The zero-order valence-electron chi connectivity index (χ0n) is 12.8. The minimum absolute atomic E-state index is 0.209. The van der Waals surface area contributed by atoms with E-state index >= 15 is 0 Å². The van der Waals surface area contributed by atoms with Gasteiger partial charge in [-0.25, -0.2) is 4.79 Å². The second-order valence-electron chi connectivity index (χ2n) is 4.81. The number of hydrogen-bond acceptors (Lipinski definition) is 4. The average Bonchev–Trinajstić information content (AvgIpc) is 2.54. The number of ether oxygens (including phenoxy) is 2. The number of esters is 1. The summed E-state index contributed by atoms with van der Waals surface area (Å²) in [6.07, 6.45) is 1.45. The standard InChI is InChI=1S/C18H18O4/c1-12(10-18(20)22-3)14-6-9-17(21-2)16(11-14)13-4-7-15(19)8-5-13/h4-11,19H,1-3H3/b12-10+. The van der Waals surface area contributed by atoms with Gasteiger partial charge in [-0.2, -0.15) is 0 Å². The monoisotopic (exact) mass is 298 g/mol. The van der Waals surface area contributed by atoms with Crippen molar-refractivity contribution in [3.8, 4) is 22.6 Å². The molecule has 0 spiro atoms. The molecule has 0 fully saturated rings. The molecule has 0 amide bonds. The minimum atomic E-state index is -0.389. The van der Waals surface area contributed by atoms with Gasteiger partial charge in [0.05, 0.1) is 14.2 Å². The van der Waals surface area contributed by atoms with E-state index < -0.39 is 0 Å². The average molecular weight is 298 g/mol.